The van der Waals surface area contributed by atoms with Crippen LogP contribution in [0, 0.1) is 11.3 Å². The Morgan fingerprint density at radius 2 is 2.00 bits per heavy atom. The van der Waals surface area contributed by atoms with Crippen molar-refractivity contribution in [3.8, 4) is 0 Å². The number of β-lactam (4-membered cyclic amide) rings is 1. The summed E-state index contributed by atoms with van der Waals surface area (Å²) in [5.41, 5.74) is -0.131. The van der Waals surface area contributed by atoms with Crippen molar-refractivity contribution in [2.75, 3.05) is 0 Å². The van der Waals surface area contributed by atoms with Gasteiger partial charge in [-0.1, -0.05) is 13.8 Å². The summed E-state index contributed by atoms with van der Waals surface area (Å²) >= 11 is 0. The maximum absolute atomic E-state index is 11.0. The van der Waals surface area contributed by atoms with Gasteiger partial charge in [-0.2, -0.15) is 0 Å². The molecule has 0 radical (unpaired) electrons. The predicted molar refractivity (Wildman–Crippen MR) is 40.5 cm³/mol. The normalized spacial score (nSPS) is 29.7. The van der Waals surface area contributed by atoms with Crippen LogP contribution in [0.1, 0.15) is 27.7 Å². The quantitative estimate of drug-likeness (QED) is 0.546. The highest BCUT2D eigenvalue weighted by molar-refractivity contribution is 5.89. The summed E-state index contributed by atoms with van der Waals surface area (Å²) in [7, 11) is 0. The molecular formula is C8H15NO. The Balaban J connectivity index is 2.63. The van der Waals surface area contributed by atoms with Crippen molar-refractivity contribution in [1.82, 2.24) is 5.32 Å². The van der Waals surface area contributed by atoms with E-state index in [4.69, 9.17) is 0 Å². The van der Waals surface area contributed by atoms with Gasteiger partial charge in [-0.25, -0.2) is 0 Å². The molecular weight excluding hydrogens is 126 g/mol. The van der Waals surface area contributed by atoms with Crippen LogP contribution in [0.3, 0.4) is 0 Å². The third kappa shape index (κ3) is 0.825. The third-order valence-electron chi connectivity index (χ3n) is 2.32. The second kappa shape index (κ2) is 1.97. The monoisotopic (exact) mass is 141 g/mol. The van der Waals surface area contributed by atoms with Gasteiger partial charge in [0.15, 0.2) is 0 Å². The zero-order valence-electron chi connectivity index (χ0n) is 7.06. The van der Waals surface area contributed by atoms with E-state index in [0.29, 0.717) is 12.0 Å². The lowest BCUT2D eigenvalue weighted by molar-refractivity contribution is -0.144. The van der Waals surface area contributed by atoms with Gasteiger partial charge in [0.05, 0.1) is 5.41 Å². The third-order valence-corrected chi connectivity index (χ3v) is 2.32. The molecule has 1 atom stereocenters. The summed E-state index contributed by atoms with van der Waals surface area (Å²) in [6.45, 7) is 8.25. The fourth-order valence-corrected chi connectivity index (χ4v) is 1.57. The van der Waals surface area contributed by atoms with Crippen LogP contribution in [0.5, 0.6) is 0 Å². The zero-order valence-corrected chi connectivity index (χ0v) is 7.06. The van der Waals surface area contributed by atoms with Crippen molar-refractivity contribution >= 4 is 5.91 Å². The molecule has 0 aromatic carbocycles. The number of hydrogen-bond acceptors (Lipinski definition) is 1. The number of nitrogens with one attached hydrogen (secondary N) is 1. The molecule has 10 heavy (non-hydrogen) atoms. The van der Waals surface area contributed by atoms with Crippen molar-refractivity contribution in [2.45, 2.75) is 33.7 Å². The Hall–Kier alpha value is -0.530. The van der Waals surface area contributed by atoms with Crippen LogP contribution in [0.2, 0.25) is 0 Å². The summed E-state index contributed by atoms with van der Waals surface area (Å²) in [5.74, 6) is 0.735. The molecule has 2 nitrogen and oxygen atoms in total. The first-order valence-corrected chi connectivity index (χ1v) is 3.77. The number of rotatable bonds is 1. The lowest BCUT2D eigenvalue weighted by atomic mass is 9.71. The minimum atomic E-state index is -0.131. The fourth-order valence-electron chi connectivity index (χ4n) is 1.57. The van der Waals surface area contributed by atoms with Crippen LogP contribution in [0.4, 0.5) is 0 Å². The summed E-state index contributed by atoms with van der Waals surface area (Å²) in [6, 6.07) is 0.375. The molecule has 1 unspecified atom stereocenters. The number of amides is 1. The molecule has 0 spiro atoms. The average molecular weight is 141 g/mol. The molecule has 0 aliphatic carbocycles. The van der Waals surface area contributed by atoms with Gasteiger partial charge in [0.2, 0.25) is 5.91 Å². The minimum absolute atomic E-state index is 0.131. The molecule has 1 rings (SSSR count). The summed E-state index contributed by atoms with van der Waals surface area (Å²) < 4.78 is 0. The van der Waals surface area contributed by atoms with Crippen LogP contribution in [0.15, 0.2) is 0 Å². The fraction of sp³-hybridized carbons (Fsp3) is 0.875. The highest BCUT2D eigenvalue weighted by atomic mass is 16.2. The van der Waals surface area contributed by atoms with Gasteiger partial charge in [0, 0.05) is 6.04 Å². The van der Waals surface area contributed by atoms with Gasteiger partial charge in [0.1, 0.15) is 0 Å². The van der Waals surface area contributed by atoms with Gasteiger partial charge < -0.3 is 5.32 Å². The summed E-state index contributed by atoms with van der Waals surface area (Å²) in [5, 5.41) is 2.89. The Morgan fingerprint density at radius 3 is 2.10 bits per heavy atom. The van der Waals surface area contributed by atoms with Gasteiger partial charge in [-0.3, -0.25) is 4.79 Å². The van der Waals surface area contributed by atoms with Crippen LogP contribution < -0.4 is 5.32 Å². The molecule has 1 saturated heterocycles. The van der Waals surface area contributed by atoms with E-state index in [1.165, 1.54) is 0 Å². The first-order chi connectivity index (χ1) is 4.46. The number of carbonyl (C=O) groups is 1. The molecule has 1 N–H and O–H groups in total. The molecule has 0 aromatic heterocycles. The van der Waals surface area contributed by atoms with Crippen molar-refractivity contribution in [2.24, 2.45) is 11.3 Å². The topological polar surface area (TPSA) is 29.1 Å². The molecule has 0 saturated carbocycles. The SMILES string of the molecule is CC(C)C1NC(=O)C1(C)C. The predicted octanol–water partition coefficient (Wildman–Crippen LogP) is 1.17. The Bertz CT molecular complexity index is 161. The minimum Gasteiger partial charge on any atom is -0.352 e. The first kappa shape index (κ1) is 7.58. The Morgan fingerprint density at radius 1 is 1.50 bits per heavy atom. The van der Waals surface area contributed by atoms with Crippen molar-refractivity contribution in [3.05, 3.63) is 0 Å². The van der Waals surface area contributed by atoms with E-state index in [-0.39, 0.29) is 11.3 Å². The van der Waals surface area contributed by atoms with Crippen LogP contribution in [0.25, 0.3) is 0 Å². The smallest absolute Gasteiger partial charge is 0.227 e. The van der Waals surface area contributed by atoms with Crippen molar-refractivity contribution in [3.63, 3.8) is 0 Å². The number of hydrogen-bond donors (Lipinski definition) is 1. The van der Waals surface area contributed by atoms with E-state index >= 15 is 0 Å². The van der Waals surface area contributed by atoms with Crippen LogP contribution in [-0.4, -0.2) is 11.9 Å². The maximum atomic E-state index is 11.0. The standard InChI is InChI=1S/C8H15NO/c1-5(2)6-8(3,4)7(10)9-6/h5-6H,1-4H3,(H,9,10). The lowest BCUT2D eigenvalue weighted by Gasteiger charge is -2.46. The highest BCUT2D eigenvalue weighted by Gasteiger charge is 2.48. The van der Waals surface area contributed by atoms with Crippen LogP contribution in [-0.2, 0) is 4.79 Å². The van der Waals surface area contributed by atoms with E-state index in [1.807, 2.05) is 13.8 Å². The zero-order chi connectivity index (χ0) is 7.94. The molecule has 1 fully saturated rings. The largest absolute Gasteiger partial charge is 0.352 e. The molecule has 0 aromatic rings. The Kier molecular flexibility index (Phi) is 1.50. The summed E-state index contributed by atoms with van der Waals surface area (Å²) in [4.78, 5) is 11.0. The van der Waals surface area contributed by atoms with E-state index in [9.17, 15) is 4.79 Å². The van der Waals surface area contributed by atoms with Gasteiger partial charge in [-0.15, -0.1) is 0 Å². The molecule has 1 amide bonds. The molecule has 1 aliphatic rings. The second-order valence-corrected chi connectivity index (χ2v) is 3.92. The molecule has 1 heterocycles. The van der Waals surface area contributed by atoms with E-state index < -0.39 is 0 Å². The van der Waals surface area contributed by atoms with Gasteiger partial charge in [0.25, 0.3) is 0 Å². The van der Waals surface area contributed by atoms with Gasteiger partial charge >= 0.3 is 0 Å². The van der Waals surface area contributed by atoms with E-state index in [1.54, 1.807) is 0 Å². The van der Waals surface area contributed by atoms with Crippen molar-refractivity contribution < 1.29 is 4.79 Å². The second-order valence-electron chi connectivity index (χ2n) is 3.92. The van der Waals surface area contributed by atoms with E-state index in [2.05, 4.69) is 19.2 Å². The average Bonchev–Trinajstić information content (AvgIpc) is 1.82. The molecule has 2 heteroatoms. The van der Waals surface area contributed by atoms with Gasteiger partial charge in [-0.05, 0) is 19.8 Å². The van der Waals surface area contributed by atoms with Crippen LogP contribution >= 0.6 is 0 Å². The highest BCUT2D eigenvalue weighted by Crippen LogP contribution is 2.33. The molecule has 0 bridgehead atoms. The first-order valence-electron chi connectivity index (χ1n) is 3.77. The lowest BCUT2D eigenvalue weighted by Crippen LogP contribution is -2.66. The molecule has 58 valence electrons. The molecule has 1 aliphatic heterocycles. The van der Waals surface area contributed by atoms with Crippen molar-refractivity contribution in [1.29, 1.82) is 0 Å². The van der Waals surface area contributed by atoms with E-state index in [0.717, 1.165) is 0 Å². The maximum Gasteiger partial charge on any atom is 0.227 e. The number of carbonyl (C=O) groups excluding carboxylic acids is 1. The summed E-state index contributed by atoms with van der Waals surface area (Å²) in [6.07, 6.45) is 0. The Labute approximate surface area is 62.0 Å².